The summed E-state index contributed by atoms with van der Waals surface area (Å²) >= 11 is 0. The molecule has 2 heterocycles. The van der Waals surface area contributed by atoms with Gasteiger partial charge in [0.05, 0.1) is 12.2 Å². The smallest absolute Gasteiger partial charge is 0.153 e. The molecule has 0 aliphatic heterocycles. The molecule has 2 aromatic rings. The van der Waals surface area contributed by atoms with Crippen molar-refractivity contribution in [1.82, 2.24) is 15.2 Å². The Bertz CT molecular complexity index is 643. The summed E-state index contributed by atoms with van der Waals surface area (Å²) < 4.78 is 0. The van der Waals surface area contributed by atoms with E-state index in [-0.39, 0.29) is 6.61 Å². The summed E-state index contributed by atoms with van der Waals surface area (Å²) in [6.45, 7) is 4.06. The van der Waals surface area contributed by atoms with E-state index in [1.807, 2.05) is 19.9 Å². The first-order valence-corrected chi connectivity index (χ1v) is 6.19. The molecule has 0 amide bonds. The molecule has 0 saturated heterocycles. The summed E-state index contributed by atoms with van der Waals surface area (Å²) in [5, 5.41) is 30.9. The SMILES string of the molecule is Cc1cc(Nc2cc(C)c(C#N)c(NCCO)n2)n[nH]1. The van der Waals surface area contributed by atoms with Crippen molar-refractivity contribution in [3.63, 3.8) is 0 Å². The van der Waals surface area contributed by atoms with E-state index >= 15 is 0 Å². The van der Waals surface area contributed by atoms with E-state index in [4.69, 9.17) is 10.4 Å². The lowest BCUT2D eigenvalue weighted by Gasteiger charge is -2.11. The Balaban J connectivity index is 2.30. The van der Waals surface area contributed by atoms with Gasteiger partial charge in [-0.05, 0) is 25.5 Å². The largest absolute Gasteiger partial charge is 0.395 e. The van der Waals surface area contributed by atoms with E-state index in [9.17, 15) is 0 Å². The average molecular weight is 272 g/mol. The van der Waals surface area contributed by atoms with Gasteiger partial charge in [0.2, 0.25) is 0 Å². The quantitative estimate of drug-likeness (QED) is 0.655. The van der Waals surface area contributed by atoms with Gasteiger partial charge in [-0.2, -0.15) is 10.4 Å². The molecule has 4 N–H and O–H groups in total. The van der Waals surface area contributed by atoms with Gasteiger partial charge in [-0.3, -0.25) is 5.10 Å². The second-order valence-electron chi connectivity index (χ2n) is 4.37. The van der Waals surface area contributed by atoms with Crippen LogP contribution in [0.1, 0.15) is 16.8 Å². The van der Waals surface area contributed by atoms with E-state index in [0.717, 1.165) is 11.3 Å². The Kier molecular flexibility index (Phi) is 4.17. The van der Waals surface area contributed by atoms with Crippen molar-refractivity contribution in [3.05, 3.63) is 29.0 Å². The molecule has 0 unspecified atom stereocenters. The van der Waals surface area contributed by atoms with Crippen molar-refractivity contribution in [2.24, 2.45) is 0 Å². The molecule has 2 rings (SSSR count). The number of hydrogen-bond acceptors (Lipinski definition) is 6. The number of nitrogens with zero attached hydrogens (tertiary/aromatic N) is 3. The number of anilines is 3. The normalized spacial score (nSPS) is 10.1. The van der Waals surface area contributed by atoms with E-state index in [1.165, 1.54) is 0 Å². The van der Waals surface area contributed by atoms with Gasteiger partial charge >= 0.3 is 0 Å². The molecule has 0 aliphatic carbocycles. The van der Waals surface area contributed by atoms with Gasteiger partial charge in [0.25, 0.3) is 0 Å². The Hall–Kier alpha value is -2.59. The highest BCUT2D eigenvalue weighted by atomic mass is 16.3. The van der Waals surface area contributed by atoms with Crippen molar-refractivity contribution >= 4 is 17.5 Å². The Morgan fingerprint density at radius 2 is 2.15 bits per heavy atom. The summed E-state index contributed by atoms with van der Waals surface area (Å²) in [6.07, 6.45) is 0. The first-order chi connectivity index (χ1) is 9.63. The molecule has 0 saturated carbocycles. The fourth-order valence-corrected chi connectivity index (χ4v) is 1.79. The molecule has 0 atom stereocenters. The maximum absolute atomic E-state index is 9.15. The maximum atomic E-state index is 9.15. The number of hydrogen-bond donors (Lipinski definition) is 4. The number of nitriles is 1. The van der Waals surface area contributed by atoms with Crippen LogP contribution in [0.25, 0.3) is 0 Å². The third kappa shape index (κ3) is 3.05. The number of aliphatic hydroxyl groups is 1. The number of pyridine rings is 1. The Morgan fingerprint density at radius 3 is 2.75 bits per heavy atom. The summed E-state index contributed by atoms with van der Waals surface area (Å²) in [5.41, 5.74) is 2.22. The molecule has 7 nitrogen and oxygen atoms in total. The molecular formula is C13H16N6O. The summed E-state index contributed by atoms with van der Waals surface area (Å²) in [7, 11) is 0. The predicted octanol–water partition coefficient (Wildman–Crippen LogP) is 1.44. The van der Waals surface area contributed by atoms with Crippen LogP contribution >= 0.6 is 0 Å². The van der Waals surface area contributed by atoms with Gasteiger partial charge in [0.15, 0.2) is 5.82 Å². The molecule has 20 heavy (non-hydrogen) atoms. The molecule has 0 aromatic carbocycles. The predicted molar refractivity (Wildman–Crippen MR) is 75.9 cm³/mol. The Labute approximate surface area is 116 Å². The third-order valence-corrected chi connectivity index (χ3v) is 2.69. The van der Waals surface area contributed by atoms with Gasteiger partial charge in [-0.15, -0.1) is 0 Å². The van der Waals surface area contributed by atoms with Crippen LogP contribution in [0.2, 0.25) is 0 Å². The molecule has 0 radical (unpaired) electrons. The van der Waals surface area contributed by atoms with E-state index in [0.29, 0.717) is 29.6 Å². The summed E-state index contributed by atoms with van der Waals surface area (Å²) in [5.74, 6) is 1.71. The molecule has 0 aliphatic rings. The minimum Gasteiger partial charge on any atom is -0.395 e. The van der Waals surface area contributed by atoms with Gasteiger partial charge in [0, 0.05) is 18.3 Å². The van der Waals surface area contributed by atoms with Crippen molar-refractivity contribution < 1.29 is 5.11 Å². The van der Waals surface area contributed by atoms with Crippen LogP contribution in [0.4, 0.5) is 17.5 Å². The van der Waals surface area contributed by atoms with E-state index in [1.54, 1.807) is 6.07 Å². The van der Waals surface area contributed by atoms with Crippen LogP contribution in [-0.2, 0) is 0 Å². The molecule has 104 valence electrons. The first kappa shape index (κ1) is 13.8. The highest BCUT2D eigenvalue weighted by Gasteiger charge is 2.10. The zero-order valence-electron chi connectivity index (χ0n) is 11.4. The second kappa shape index (κ2) is 6.04. The second-order valence-corrected chi connectivity index (χ2v) is 4.37. The number of rotatable bonds is 5. The number of aromatic nitrogens is 3. The van der Waals surface area contributed by atoms with Crippen molar-refractivity contribution in [2.45, 2.75) is 13.8 Å². The van der Waals surface area contributed by atoms with Crippen molar-refractivity contribution in [1.29, 1.82) is 5.26 Å². The number of aryl methyl sites for hydroxylation is 2. The minimum absolute atomic E-state index is 0.0260. The van der Waals surface area contributed by atoms with Crippen LogP contribution in [0.5, 0.6) is 0 Å². The molecule has 2 aromatic heterocycles. The van der Waals surface area contributed by atoms with Crippen LogP contribution in [0.15, 0.2) is 12.1 Å². The van der Waals surface area contributed by atoms with Gasteiger partial charge < -0.3 is 15.7 Å². The van der Waals surface area contributed by atoms with Crippen molar-refractivity contribution in [2.75, 3.05) is 23.8 Å². The highest BCUT2D eigenvalue weighted by Crippen LogP contribution is 2.22. The minimum atomic E-state index is -0.0260. The van der Waals surface area contributed by atoms with Crippen molar-refractivity contribution in [3.8, 4) is 6.07 Å². The summed E-state index contributed by atoms with van der Waals surface area (Å²) in [4.78, 5) is 4.34. The standard InChI is InChI=1S/C13H16N6O/c1-8-5-11(16-12-6-9(2)18-19-12)17-13(10(8)7-14)15-3-4-20/h5-6,20H,3-4H2,1-2H3,(H3,15,16,17,18,19). The zero-order valence-corrected chi connectivity index (χ0v) is 11.4. The molecule has 0 fully saturated rings. The zero-order chi connectivity index (χ0) is 14.5. The van der Waals surface area contributed by atoms with Gasteiger partial charge in [-0.25, -0.2) is 4.98 Å². The highest BCUT2D eigenvalue weighted by molar-refractivity contribution is 5.63. The molecule has 7 heteroatoms. The average Bonchev–Trinajstić information content (AvgIpc) is 2.81. The number of H-pyrrole nitrogens is 1. The van der Waals surface area contributed by atoms with Gasteiger partial charge in [-0.1, -0.05) is 0 Å². The lowest BCUT2D eigenvalue weighted by Crippen LogP contribution is -2.10. The monoisotopic (exact) mass is 272 g/mol. The van der Waals surface area contributed by atoms with Crippen LogP contribution < -0.4 is 10.6 Å². The maximum Gasteiger partial charge on any atom is 0.153 e. The summed E-state index contributed by atoms with van der Waals surface area (Å²) in [6, 6.07) is 5.75. The van der Waals surface area contributed by atoms with Gasteiger partial charge in [0.1, 0.15) is 17.7 Å². The molecular weight excluding hydrogens is 256 g/mol. The number of aromatic amines is 1. The van der Waals surface area contributed by atoms with Crippen LogP contribution in [0.3, 0.4) is 0 Å². The fourth-order valence-electron chi connectivity index (χ4n) is 1.79. The Morgan fingerprint density at radius 1 is 1.35 bits per heavy atom. The van der Waals surface area contributed by atoms with Crippen LogP contribution in [0, 0.1) is 25.2 Å². The van der Waals surface area contributed by atoms with Crippen LogP contribution in [-0.4, -0.2) is 33.4 Å². The molecule has 0 bridgehead atoms. The fraction of sp³-hybridized carbons (Fsp3) is 0.308. The lowest BCUT2D eigenvalue weighted by molar-refractivity contribution is 0.311. The topological polar surface area (TPSA) is 110 Å². The third-order valence-electron chi connectivity index (χ3n) is 2.69. The van der Waals surface area contributed by atoms with E-state index < -0.39 is 0 Å². The number of nitrogens with one attached hydrogen (secondary N) is 3. The molecule has 0 spiro atoms. The lowest BCUT2D eigenvalue weighted by atomic mass is 10.1. The number of aliphatic hydroxyl groups excluding tert-OH is 1. The van der Waals surface area contributed by atoms with E-state index in [2.05, 4.69) is 31.9 Å². The first-order valence-electron chi connectivity index (χ1n) is 6.19.